The van der Waals surface area contributed by atoms with E-state index in [1.165, 1.54) is 12.1 Å². The van der Waals surface area contributed by atoms with Gasteiger partial charge < -0.3 is 4.90 Å². The second-order valence-corrected chi connectivity index (χ2v) is 8.46. The van der Waals surface area contributed by atoms with Crippen LogP contribution in [0.4, 0.5) is 10.1 Å². The Hall–Kier alpha value is -2.25. The summed E-state index contributed by atoms with van der Waals surface area (Å²) in [6.07, 6.45) is 2.82. The molecule has 7 heteroatoms. The summed E-state index contributed by atoms with van der Waals surface area (Å²) < 4.78 is 41.2. The minimum Gasteiger partial charge on any atom is -0.315 e. The number of hydrogen-bond acceptors (Lipinski definition) is 3. The van der Waals surface area contributed by atoms with Gasteiger partial charge in [-0.1, -0.05) is 18.2 Å². The molecule has 0 radical (unpaired) electrons. The Morgan fingerprint density at radius 2 is 1.89 bits per heavy atom. The maximum Gasteiger partial charge on any atom is 0.240 e. The van der Waals surface area contributed by atoms with E-state index in [1.807, 2.05) is 0 Å². The number of unbranched alkanes of at least 4 members (excludes halogenated alkanes) is 1. The molecule has 1 heterocycles. The summed E-state index contributed by atoms with van der Waals surface area (Å²) in [6, 6.07) is 11.5. The number of carbonyl (C=O) groups excluding carboxylic acids is 1. The molecule has 5 nitrogen and oxygen atoms in total. The normalized spacial score (nSPS) is 14.3. The number of aryl methyl sites for hydroxylation is 2. The van der Waals surface area contributed by atoms with Crippen molar-refractivity contribution in [2.45, 2.75) is 37.0 Å². The third-order valence-corrected chi connectivity index (χ3v) is 6.29. The average Bonchev–Trinajstić information content (AvgIpc) is 2.65. The highest BCUT2D eigenvalue weighted by molar-refractivity contribution is 7.89. The molecule has 0 fully saturated rings. The van der Waals surface area contributed by atoms with Gasteiger partial charge >= 0.3 is 0 Å². The fraction of sp³-hybridized carbons (Fsp3) is 0.350. The summed E-state index contributed by atoms with van der Waals surface area (Å²) in [5.74, 6) is -0.193. The summed E-state index contributed by atoms with van der Waals surface area (Å²) >= 11 is 0. The van der Waals surface area contributed by atoms with Crippen molar-refractivity contribution in [2.24, 2.45) is 0 Å². The van der Waals surface area contributed by atoms with Crippen LogP contribution in [0.3, 0.4) is 0 Å². The Morgan fingerprint density at radius 1 is 1.11 bits per heavy atom. The number of nitrogens with zero attached hydrogens (tertiary/aromatic N) is 1. The van der Waals surface area contributed by atoms with Crippen LogP contribution in [0.25, 0.3) is 0 Å². The van der Waals surface area contributed by atoms with Crippen molar-refractivity contribution in [1.29, 1.82) is 0 Å². The van der Waals surface area contributed by atoms with E-state index < -0.39 is 10.0 Å². The molecule has 1 amide bonds. The number of rotatable bonds is 7. The van der Waals surface area contributed by atoms with Gasteiger partial charge in [-0.3, -0.25) is 4.79 Å². The van der Waals surface area contributed by atoms with E-state index >= 15 is 0 Å². The molecule has 0 saturated carbocycles. The number of anilines is 1. The van der Waals surface area contributed by atoms with Gasteiger partial charge in [-0.25, -0.2) is 17.5 Å². The third-order valence-electron chi connectivity index (χ3n) is 4.83. The van der Waals surface area contributed by atoms with Gasteiger partial charge in [0.15, 0.2) is 0 Å². The molecule has 2 aromatic carbocycles. The van der Waals surface area contributed by atoms with Crippen molar-refractivity contribution in [3.63, 3.8) is 0 Å². The van der Waals surface area contributed by atoms with E-state index in [1.54, 1.807) is 42.3 Å². The molecule has 0 aliphatic carbocycles. The maximum atomic E-state index is 13.6. The number of hydrogen-bond donors (Lipinski definition) is 1. The Labute approximate surface area is 159 Å². The van der Waals surface area contributed by atoms with Crippen molar-refractivity contribution in [2.75, 3.05) is 18.5 Å². The predicted octanol–water partition coefficient (Wildman–Crippen LogP) is 3.04. The standard InChI is InChI=1S/C20H23FN2O3S/c1-23-19-11-10-17(14-16(19)9-12-20(23)24)27(25,26)22-13-5-4-7-15-6-2-3-8-18(15)21/h2-3,6,8,10-11,14,22H,4-5,7,9,12-13H2,1H3. The number of amides is 1. The van der Waals surface area contributed by atoms with Crippen molar-refractivity contribution in [3.05, 3.63) is 59.4 Å². The van der Waals surface area contributed by atoms with Gasteiger partial charge in [0.2, 0.25) is 15.9 Å². The van der Waals surface area contributed by atoms with Crippen molar-refractivity contribution in [1.82, 2.24) is 4.72 Å². The molecule has 0 atom stereocenters. The van der Waals surface area contributed by atoms with Crippen LogP contribution < -0.4 is 9.62 Å². The lowest BCUT2D eigenvalue weighted by molar-refractivity contribution is -0.118. The average molecular weight is 390 g/mol. The molecule has 0 saturated heterocycles. The zero-order chi connectivity index (χ0) is 19.4. The van der Waals surface area contributed by atoms with Gasteiger partial charge in [-0.15, -0.1) is 0 Å². The highest BCUT2D eigenvalue weighted by Gasteiger charge is 2.23. The van der Waals surface area contributed by atoms with Crippen LogP contribution in [0.1, 0.15) is 30.4 Å². The number of sulfonamides is 1. The monoisotopic (exact) mass is 390 g/mol. The molecular formula is C20H23FN2O3S. The molecule has 0 unspecified atom stereocenters. The molecule has 0 spiro atoms. The molecule has 144 valence electrons. The van der Waals surface area contributed by atoms with Gasteiger partial charge in [0.05, 0.1) is 4.90 Å². The van der Waals surface area contributed by atoms with Gasteiger partial charge in [0.1, 0.15) is 5.82 Å². The van der Waals surface area contributed by atoms with Crippen LogP contribution in [0.5, 0.6) is 0 Å². The van der Waals surface area contributed by atoms with Crippen LogP contribution in [0.15, 0.2) is 47.4 Å². The molecule has 3 rings (SSSR count). The first-order valence-corrected chi connectivity index (χ1v) is 10.5. The Kier molecular flexibility index (Phi) is 5.92. The zero-order valence-electron chi connectivity index (χ0n) is 15.2. The third kappa shape index (κ3) is 4.54. The van der Waals surface area contributed by atoms with Crippen molar-refractivity contribution in [3.8, 4) is 0 Å². The van der Waals surface area contributed by atoms with Crippen molar-refractivity contribution >= 4 is 21.6 Å². The molecule has 1 aliphatic rings. The van der Waals surface area contributed by atoms with Gasteiger partial charge in [0, 0.05) is 25.7 Å². The number of fused-ring (bicyclic) bond motifs is 1. The second kappa shape index (κ2) is 8.19. The van der Waals surface area contributed by atoms with Crippen LogP contribution >= 0.6 is 0 Å². The molecule has 1 aliphatic heterocycles. The van der Waals surface area contributed by atoms with Crippen LogP contribution in [0.2, 0.25) is 0 Å². The van der Waals surface area contributed by atoms with Gasteiger partial charge in [-0.2, -0.15) is 0 Å². The zero-order valence-corrected chi connectivity index (χ0v) is 16.1. The highest BCUT2D eigenvalue weighted by Crippen LogP contribution is 2.28. The van der Waals surface area contributed by atoms with Gasteiger partial charge in [-0.05, 0) is 61.1 Å². The summed E-state index contributed by atoms with van der Waals surface area (Å²) in [5.41, 5.74) is 2.27. The Morgan fingerprint density at radius 3 is 2.67 bits per heavy atom. The molecule has 0 aromatic heterocycles. The predicted molar refractivity (Wildman–Crippen MR) is 103 cm³/mol. The molecular weight excluding hydrogens is 367 g/mol. The number of nitrogens with one attached hydrogen (secondary N) is 1. The first kappa shape index (κ1) is 19.5. The Balaban J connectivity index is 1.56. The second-order valence-electron chi connectivity index (χ2n) is 6.69. The smallest absolute Gasteiger partial charge is 0.240 e. The van der Waals surface area contributed by atoms with Crippen LogP contribution in [0, 0.1) is 5.82 Å². The van der Waals surface area contributed by atoms with E-state index in [2.05, 4.69) is 4.72 Å². The van der Waals surface area contributed by atoms with E-state index in [0.29, 0.717) is 44.2 Å². The summed E-state index contributed by atoms with van der Waals surface area (Å²) in [4.78, 5) is 13.5. The molecule has 0 bridgehead atoms. The topological polar surface area (TPSA) is 66.5 Å². The minimum atomic E-state index is -3.61. The fourth-order valence-electron chi connectivity index (χ4n) is 3.23. The Bertz CT molecular complexity index is 944. The molecule has 1 N–H and O–H groups in total. The minimum absolute atomic E-state index is 0.0334. The van der Waals surface area contributed by atoms with E-state index in [0.717, 1.165) is 11.3 Å². The lowest BCUT2D eigenvalue weighted by atomic mass is 10.0. The lowest BCUT2D eigenvalue weighted by Crippen LogP contribution is -2.31. The number of carbonyl (C=O) groups is 1. The summed E-state index contributed by atoms with van der Waals surface area (Å²) in [7, 11) is -1.91. The first-order valence-electron chi connectivity index (χ1n) is 9.01. The van der Waals surface area contributed by atoms with E-state index in [9.17, 15) is 17.6 Å². The maximum absolute atomic E-state index is 13.6. The summed E-state index contributed by atoms with van der Waals surface area (Å²) in [5, 5.41) is 0. The molecule has 2 aromatic rings. The summed E-state index contributed by atoms with van der Waals surface area (Å²) in [6.45, 7) is 0.298. The van der Waals surface area contributed by atoms with Crippen LogP contribution in [-0.4, -0.2) is 27.9 Å². The SMILES string of the molecule is CN1C(=O)CCc2cc(S(=O)(=O)NCCCCc3ccccc3F)ccc21. The van der Waals surface area contributed by atoms with E-state index in [4.69, 9.17) is 0 Å². The van der Waals surface area contributed by atoms with Crippen molar-refractivity contribution < 1.29 is 17.6 Å². The molecule has 27 heavy (non-hydrogen) atoms. The quantitative estimate of drug-likeness (QED) is 0.739. The largest absolute Gasteiger partial charge is 0.315 e. The lowest BCUT2D eigenvalue weighted by Gasteiger charge is -2.26. The fourth-order valence-corrected chi connectivity index (χ4v) is 4.36. The van der Waals surface area contributed by atoms with Crippen LogP contribution in [-0.2, 0) is 27.7 Å². The highest BCUT2D eigenvalue weighted by atomic mass is 32.2. The first-order chi connectivity index (χ1) is 12.9. The van der Waals surface area contributed by atoms with Gasteiger partial charge in [0.25, 0.3) is 0 Å². The number of halogens is 1. The number of benzene rings is 2. The van der Waals surface area contributed by atoms with E-state index in [-0.39, 0.29) is 16.6 Å².